The molecule has 0 saturated carbocycles. The van der Waals surface area contributed by atoms with Crippen LogP contribution in [0.25, 0.3) is 0 Å². The fraction of sp³-hybridized carbons (Fsp3) is 0.938. The predicted octanol–water partition coefficient (Wildman–Crippen LogP) is -0.720. The summed E-state index contributed by atoms with van der Waals surface area (Å²) in [5, 5.41) is 40.8. The molecule has 5 atom stereocenters. The van der Waals surface area contributed by atoms with Crippen molar-refractivity contribution in [3.63, 3.8) is 0 Å². The number of nitrogens with one attached hydrogen (secondary N) is 1. The van der Waals surface area contributed by atoms with Crippen LogP contribution in [0.1, 0.15) is 45.4 Å². The van der Waals surface area contributed by atoms with Crippen LogP contribution in [0.15, 0.2) is 0 Å². The smallest absolute Gasteiger partial charge is 0.251 e. The summed E-state index contributed by atoms with van der Waals surface area (Å²) < 4.78 is 10.9. The van der Waals surface area contributed by atoms with Crippen LogP contribution in [0.5, 0.6) is 0 Å². The minimum absolute atomic E-state index is 0.0215. The van der Waals surface area contributed by atoms with Gasteiger partial charge in [0.25, 0.3) is 5.91 Å². The van der Waals surface area contributed by atoms with Crippen molar-refractivity contribution >= 4 is 5.91 Å². The van der Waals surface area contributed by atoms with Gasteiger partial charge in [-0.2, -0.15) is 0 Å². The van der Waals surface area contributed by atoms with Crippen LogP contribution >= 0.6 is 0 Å². The first-order valence-electron chi connectivity index (χ1n) is 8.71. The Labute approximate surface area is 142 Å². The Hall–Kier alpha value is -0.770. The van der Waals surface area contributed by atoms with Crippen molar-refractivity contribution in [2.75, 3.05) is 19.8 Å². The standard InChI is InChI=1S/C16H31NO7/c1-2-3-4-5-6-7-12-23-10-11(19)15(24-12)13(20)14(21)16(22)17-8-9-18/h11-15,18-21H,2-10H2,1H3,(H,17,22)/t11-,12?,13-,14-,15-/m1/s1. The van der Waals surface area contributed by atoms with Gasteiger partial charge < -0.3 is 35.2 Å². The zero-order valence-electron chi connectivity index (χ0n) is 14.3. The van der Waals surface area contributed by atoms with Crippen molar-refractivity contribution in [1.82, 2.24) is 5.32 Å². The molecule has 1 fully saturated rings. The Morgan fingerprint density at radius 2 is 1.96 bits per heavy atom. The van der Waals surface area contributed by atoms with Crippen molar-refractivity contribution < 1.29 is 34.7 Å². The number of carbonyl (C=O) groups excluding carboxylic acids is 1. The maximum atomic E-state index is 11.6. The van der Waals surface area contributed by atoms with Crippen LogP contribution in [-0.4, -0.2) is 76.8 Å². The van der Waals surface area contributed by atoms with Crippen molar-refractivity contribution in [3.05, 3.63) is 0 Å². The Morgan fingerprint density at radius 1 is 1.25 bits per heavy atom. The number of aliphatic hydroxyl groups excluding tert-OH is 4. The van der Waals surface area contributed by atoms with Gasteiger partial charge in [-0.25, -0.2) is 0 Å². The molecule has 5 N–H and O–H groups in total. The lowest BCUT2D eigenvalue weighted by molar-refractivity contribution is -0.279. The molecule has 0 aromatic heterocycles. The summed E-state index contributed by atoms with van der Waals surface area (Å²) in [5.74, 6) is -0.824. The SMILES string of the molecule is CCCCCCCC1OC[C@@H](O)[C@H]([C@H](O)[C@@H](O)C(=O)NCCO)O1. The van der Waals surface area contributed by atoms with Gasteiger partial charge >= 0.3 is 0 Å². The molecule has 1 rings (SSSR count). The fourth-order valence-electron chi connectivity index (χ4n) is 2.60. The summed E-state index contributed by atoms with van der Waals surface area (Å²) in [6.07, 6.45) is -0.0525. The Morgan fingerprint density at radius 3 is 2.62 bits per heavy atom. The van der Waals surface area contributed by atoms with E-state index in [0.717, 1.165) is 25.7 Å². The molecule has 1 amide bonds. The number of carbonyl (C=O) groups is 1. The largest absolute Gasteiger partial charge is 0.395 e. The highest BCUT2D eigenvalue weighted by molar-refractivity contribution is 5.81. The molecule has 0 radical (unpaired) electrons. The van der Waals surface area contributed by atoms with E-state index in [9.17, 15) is 20.1 Å². The summed E-state index contributed by atoms with van der Waals surface area (Å²) in [6, 6.07) is 0. The number of hydrogen-bond acceptors (Lipinski definition) is 7. The van der Waals surface area contributed by atoms with Gasteiger partial charge in [0.1, 0.15) is 18.3 Å². The van der Waals surface area contributed by atoms with Gasteiger partial charge in [-0.3, -0.25) is 4.79 Å². The third-order valence-corrected chi connectivity index (χ3v) is 4.02. The molecule has 1 unspecified atom stereocenters. The summed E-state index contributed by atoms with van der Waals surface area (Å²) in [7, 11) is 0. The van der Waals surface area contributed by atoms with Crippen LogP contribution in [0.3, 0.4) is 0 Å². The highest BCUT2D eigenvalue weighted by Crippen LogP contribution is 2.22. The first kappa shape index (κ1) is 21.3. The second-order valence-corrected chi connectivity index (χ2v) is 6.08. The van der Waals surface area contributed by atoms with E-state index in [4.69, 9.17) is 14.6 Å². The average Bonchev–Trinajstić information content (AvgIpc) is 2.59. The maximum Gasteiger partial charge on any atom is 0.251 e. The molecule has 24 heavy (non-hydrogen) atoms. The third kappa shape index (κ3) is 7.00. The molecule has 142 valence electrons. The van der Waals surface area contributed by atoms with Crippen molar-refractivity contribution in [3.8, 4) is 0 Å². The zero-order chi connectivity index (χ0) is 17.9. The van der Waals surface area contributed by atoms with Gasteiger partial charge in [0, 0.05) is 6.54 Å². The van der Waals surface area contributed by atoms with E-state index in [-0.39, 0.29) is 19.8 Å². The molecule has 1 aliphatic rings. The highest BCUT2D eigenvalue weighted by atomic mass is 16.7. The third-order valence-electron chi connectivity index (χ3n) is 4.02. The number of ether oxygens (including phenoxy) is 2. The summed E-state index contributed by atoms with van der Waals surface area (Å²) in [5.41, 5.74) is 0. The molecule has 1 aliphatic heterocycles. The first-order chi connectivity index (χ1) is 11.5. The second-order valence-electron chi connectivity index (χ2n) is 6.08. The molecule has 0 aromatic carbocycles. The molecule has 8 nitrogen and oxygen atoms in total. The Balaban J connectivity index is 2.44. The summed E-state index contributed by atoms with van der Waals surface area (Å²) in [4.78, 5) is 11.6. The molecule has 0 spiro atoms. The van der Waals surface area contributed by atoms with Crippen molar-refractivity contribution in [2.45, 2.75) is 76.2 Å². The van der Waals surface area contributed by atoms with Crippen LogP contribution < -0.4 is 5.32 Å². The number of unbranched alkanes of at least 4 members (excludes halogenated alkanes) is 4. The van der Waals surface area contributed by atoms with Gasteiger partial charge in [0.05, 0.1) is 13.2 Å². The second kappa shape index (κ2) is 11.7. The monoisotopic (exact) mass is 349 g/mol. The summed E-state index contributed by atoms with van der Waals surface area (Å²) >= 11 is 0. The van der Waals surface area contributed by atoms with Crippen LogP contribution in [0.2, 0.25) is 0 Å². The lowest BCUT2D eigenvalue weighted by Crippen LogP contribution is -2.56. The molecule has 0 bridgehead atoms. The molecule has 1 saturated heterocycles. The molecular formula is C16H31NO7. The number of aliphatic hydroxyl groups is 4. The zero-order valence-corrected chi connectivity index (χ0v) is 14.3. The Bertz CT molecular complexity index is 355. The van der Waals surface area contributed by atoms with Gasteiger partial charge in [0.2, 0.25) is 0 Å². The quantitative estimate of drug-likeness (QED) is 0.311. The Kier molecular flexibility index (Phi) is 10.4. The predicted molar refractivity (Wildman–Crippen MR) is 86.1 cm³/mol. The van der Waals surface area contributed by atoms with Gasteiger partial charge in [-0.05, 0) is 12.8 Å². The van der Waals surface area contributed by atoms with Crippen LogP contribution in [0.4, 0.5) is 0 Å². The van der Waals surface area contributed by atoms with E-state index >= 15 is 0 Å². The van der Waals surface area contributed by atoms with E-state index in [0.29, 0.717) is 6.42 Å². The minimum Gasteiger partial charge on any atom is -0.395 e. The van der Waals surface area contributed by atoms with Crippen molar-refractivity contribution in [2.24, 2.45) is 0 Å². The number of hydrogen-bond donors (Lipinski definition) is 5. The highest BCUT2D eigenvalue weighted by Gasteiger charge is 2.40. The first-order valence-corrected chi connectivity index (χ1v) is 8.71. The number of amides is 1. The van der Waals surface area contributed by atoms with Crippen molar-refractivity contribution in [1.29, 1.82) is 0 Å². The lowest BCUT2D eigenvalue weighted by atomic mass is 10.0. The van der Waals surface area contributed by atoms with E-state index in [1.165, 1.54) is 6.42 Å². The normalized spacial score (nSPS) is 26.8. The van der Waals surface area contributed by atoms with E-state index in [1.807, 2.05) is 0 Å². The molecule has 0 aliphatic carbocycles. The van der Waals surface area contributed by atoms with Gasteiger partial charge in [0.15, 0.2) is 12.4 Å². The average molecular weight is 349 g/mol. The van der Waals surface area contributed by atoms with Crippen LogP contribution in [-0.2, 0) is 14.3 Å². The molecule has 0 aromatic rings. The maximum absolute atomic E-state index is 11.6. The topological polar surface area (TPSA) is 128 Å². The molecular weight excluding hydrogens is 318 g/mol. The molecule has 8 heteroatoms. The van der Waals surface area contributed by atoms with Crippen LogP contribution in [0, 0.1) is 0 Å². The van der Waals surface area contributed by atoms with Gasteiger partial charge in [-0.15, -0.1) is 0 Å². The lowest BCUT2D eigenvalue weighted by Gasteiger charge is -2.37. The minimum atomic E-state index is -1.75. The van der Waals surface area contributed by atoms with Gasteiger partial charge in [-0.1, -0.05) is 32.6 Å². The van der Waals surface area contributed by atoms with E-state index in [1.54, 1.807) is 0 Å². The fourth-order valence-corrected chi connectivity index (χ4v) is 2.60. The summed E-state index contributed by atoms with van der Waals surface area (Å²) in [6.45, 7) is 1.82. The number of rotatable bonds is 11. The molecule has 1 heterocycles. The van der Waals surface area contributed by atoms with E-state index < -0.39 is 36.6 Å². The van der Waals surface area contributed by atoms with E-state index in [2.05, 4.69) is 12.2 Å².